The quantitative estimate of drug-likeness (QED) is 0.848. The number of hydrogen-bond donors (Lipinski definition) is 1. The summed E-state index contributed by atoms with van der Waals surface area (Å²) in [4.78, 5) is 12.5. The Kier molecular flexibility index (Phi) is 5.89. The van der Waals surface area contributed by atoms with E-state index in [1.165, 1.54) is 18.2 Å². The smallest absolute Gasteiger partial charge is 0.253 e. The first-order valence-electron chi connectivity index (χ1n) is 7.84. The second kappa shape index (κ2) is 7.74. The summed E-state index contributed by atoms with van der Waals surface area (Å²) in [6.07, 6.45) is 0.434. The first kappa shape index (κ1) is 19.1. The number of benzene rings is 2. The van der Waals surface area contributed by atoms with Crippen molar-refractivity contribution < 1.29 is 22.0 Å². The van der Waals surface area contributed by atoms with Gasteiger partial charge in [-0.1, -0.05) is 25.1 Å². The third kappa shape index (κ3) is 4.42. The molecule has 0 heterocycles. The average Bonchev–Trinajstić information content (AvgIpc) is 2.57. The third-order valence-corrected chi connectivity index (χ3v) is 5.70. The zero-order chi connectivity index (χ0) is 18.6. The molecular weight excluding hydrogens is 348 g/mol. The Hall–Kier alpha value is -2.28. The molecule has 2 aromatic rings. The van der Waals surface area contributed by atoms with Crippen molar-refractivity contribution in [2.45, 2.75) is 31.2 Å². The number of halogens is 2. The second-order valence-corrected chi connectivity index (χ2v) is 7.76. The second-order valence-electron chi connectivity index (χ2n) is 5.68. The highest BCUT2D eigenvalue weighted by atomic mass is 32.2. The van der Waals surface area contributed by atoms with E-state index in [4.69, 9.17) is 0 Å². The van der Waals surface area contributed by atoms with Gasteiger partial charge < -0.3 is 5.32 Å². The highest BCUT2D eigenvalue weighted by Gasteiger charge is 2.22. The minimum atomic E-state index is -3.57. The number of hydrogen-bond acceptors (Lipinski definition) is 3. The van der Waals surface area contributed by atoms with Crippen molar-refractivity contribution in [3.8, 4) is 0 Å². The maximum atomic E-state index is 13.3. The fourth-order valence-electron chi connectivity index (χ4n) is 2.44. The zero-order valence-corrected chi connectivity index (χ0v) is 14.7. The standard InChI is InChI=1S/C18H19F2NO3S/c1-3-10-25(23,24)17-7-5-4-6-14(17)18(22)21-12(2)13-8-9-15(19)16(20)11-13/h4-9,11-12H,3,10H2,1-2H3,(H,21,22)/t12-/m0/s1. The summed E-state index contributed by atoms with van der Waals surface area (Å²) in [6, 6.07) is 8.67. The van der Waals surface area contributed by atoms with Crippen LogP contribution in [0, 0.1) is 11.6 Å². The molecule has 0 saturated heterocycles. The lowest BCUT2D eigenvalue weighted by molar-refractivity contribution is 0.0936. The van der Waals surface area contributed by atoms with Crippen molar-refractivity contribution in [2.75, 3.05) is 5.75 Å². The number of carbonyl (C=O) groups is 1. The molecule has 0 bridgehead atoms. The van der Waals surface area contributed by atoms with Crippen molar-refractivity contribution in [3.05, 3.63) is 65.2 Å². The van der Waals surface area contributed by atoms with Crippen molar-refractivity contribution in [2.24, 2.45) is 0 Å². The number of sulfone groups is 1. The molecule has 0 unspecified atom stereocenters. The van der Waals surface area contributed by atoms with E-state index < -0.39 is 33.4 Å². The van der Waals surface area contributed by atoms with Crippen LogP contribution in [0.1, 0.15) is 42.2 Å². The van der Waals surface area contributed by atoms with Crippen molar-refractivity contribution >= 4 is 15.7 Å². The van der Waals surface area contributed by atoms with Gasteiger partial charge in [0.1, 0.15) is 0 Å². The van der Waals surface area contributed by atoms with Gasteiger partial charge in [-0.05, 0) is 43.2 Å². The minimum Gasteiger partial charge on any atom is -0.345 e. The van der Waals surface area contributed by atoms with E-state index in [1.54, 1.807) is 26.0 Å². The van der Waals surface area contributed by atoms with Crippen molar-refractivity contribution in [3.63, 3.8) is 0 Å². The van der Waals surface area contributed by atoms with Crippen LogP contribution in [0.5, 0.6) is 0 Å². The lowest BCUT2D eigenvalue weighted by Gasteiger charge is -2.16. The van der Waals surface area contributed by atoms with Gasteiger partial charge >= 0.3 is 0 Å². The zero-order valence-electron chi connectivity index (χ0n) is 13.9. The predicted octanol–water partition coefficient (Wildman–Crippen LogP) is 3.64. The molecule has 0 aliphatic rings. The van der Waals surface area contributed by atoms with Crippen LogP contribution < -0.4 is 5.32 Å². The Morgan fingerprint density at radius 1 is 1.12 bits per heavy atom. The van der Waals surface area contributed by atoms with Crippen LogP contribution in [0.25, 0.3) is 0 Å². The number of amides is 1. The van der Waals surface area contributed by atoms with E-state index in [2.05, 4.69) is 5.32 Å². The van der Waals surface area contributed by atoms with Gasteiger partial charge in [-0.15, -0.1) is 0 Å². The lowest BCUT2D eigenvalue weighted by Crippen LogP contribution is -2.28. The van der Waals surface area contributed by atoms with Gasteiger partial charge in [-0.25, -0.2) is 17.2 Å². The first-order valence-corrected chi connectivity index (χ1v) is 9.49. The van der Waals surface area contributed by atoms with E-state index >= 15 is 0 Å². The Bertz CT molecular complexity index is 882. The lowest BCUT2D eigenvalue weighted by atomic mass is 10.1. The van der Waals surface area contributed by atoms with Gasteiger partial charge in [-0.3, -0.25) is 4.79 Å². The predicted molar refractivity (Wildman–Crippen MR) is 91.0 cm³/mol. The van der Waals surface area contributed by atoms with Crippen LogP contribution in [0.4, 0.5) is 8.78 Å². The SMILES string of the molecule is CCCS(=O)(=O)c1ccccc1C(=O)N[C@@H](C)c1ccc(F)c(F)c1. The van der Waals surface area contributed by atoms with Gasteiger partial charge in [-0.2, -0.15) is 0 Å². The molecule has 0 aliphatic heterocycles. The minimum absolute atomic E-state index is 0.0328. The van der Waals surface area contributed by atoms with Gasteiger partial charge in [0.25, 0.3) is 5.91 Å². The van der Waals surface area contributed by atoms with Crippen LogP contribution in [-0.4, -0.2) is 20.1 Å². The molecule has 0 saturated carbocycles. The van der Waals surface area contributed by atoms with Crippen LogP contribution in [-0.2, 0) is 9.84 Å². The summed E-state index contributed by atoms with van der Waals surface area (Å²) in [6.45, 7) is 3.35. The molecule has 0 spiro atoms. The summed E-state index contributed by atoms with van der Waals surface area (Å²) in [7, 11) is -3.57. The Labute approximate surface area is 145 Å². The molecule has 7 heteroatoms. The molecule has 0 radical (unpaired) electrons. The molecule has 2 rings (SSSR count). The number of rotatable bonds is 6. The highest BCUT2D eigenvalue weighted by molar-refractivity contribution is 7.91. The topological polar surface area (TPSA) is 63.2 Å². The molecule has 1 N–H and O–H groups in total. The molecule has 1 amide bonds. The maximum Gasteiger partial charge on any atom is 0.253 e. The van der Waals surface area contributed by atoms with Gasteiger partial charge in [0.05, 0.1) is 22.3 Å². The monoisotopic (exact) mass is 367 g/mol. The molecule has 0 aromatic heterocycles. The summed E-state index contributed by atoms with van der Waals surface area (Å²) < 4.78 is 51.0. The number of nitrogens with one attached hydrogen (secondary N) is 1. The van der Waals surface area contributed by atoms with Gasteiger partial charge in [0.15, 0.2) is 21.5 Å². The van der Waals surface area contributed by atoms with Crippen molar-refractivity contribution in [1.29, 1.82) is 0 Å². The average molecular weight is 367 g/mol. The molecule has 1 atom stereocenters. The van der Waals surface area contributed by atoms with E-state index in [1.807, 2.05) is 0 Å². The highest BCUT2D eigenvalue weighted by Crippen LogP contribution is 2.20. The summed E-state index contributed by atoms with van der Waals surface area (Å²) in [5, 5.41) is 2.62. The van der Waals surface area contributed by atoms with Crippen LogP contribution in [0.2, 0.25) is 0 Å². The van der Waals surface area contributed by atoms with Crippen LogP contribution in [0.3, 0.4) is 0 Å². The third-order valence-electron chi connectivity index (χ3n) is 3.73. The first-order chi connectivity index (χ1) is 11.8. The largest absolute Gasteiger partial charge is 0.345 e. The molecule has 25 heavy (non-hydrogen) atoms. The molecular formula is C18H19F2NO3S. The Balaban J connectivity index is 2.28. The Morgan fingerprint density at radius 2 is 1.80 bits per heavy atom. The van der Waals surface area contributed by atoms with Crippen LogP contribution >= 0.6 is 0 Å². The summed E-state index contributed by atoms with van der Waals surface area (Å²) >= 11 is 0. The van der Waals surface area contributed by atoms with E-state index in [0.29, 0.717) is 12.0 Å². The van der Waals surface area contributed by atoms with Gasteiger partial charge in [0, 0.05) is 0 Å². The maximum absolute atomic E-state index is 13.3. The molecule has 4 nitrogen and oxygen atoms in total. The van der Waals surface area contributed by atoms with E-state index in [0.717, 1.165) is 12.1 Å². The molecule has 134 valence electrons. The fourth-order valence-corrected chi connectivity index (χ4v) is 3.98. The van der Waals surface area contributed by atoms with Crippen molar-refractivity contribution in [1.82, 2.24) is 5.32 Å². The molecule has 0 fully saturated rings. The number of carbonyl (C=O) groups excluding carboxylic acids is 1. The van der Waals surface area contributed by atoms with E-state index in [-0.39, 0.29) is 16.2 Å². The fraction of sp³-hybridized carbons (Fsp3) is 0.278. The van der Waals surface area contributed by atoms with E-state index in [9.17, 15) is 22.0 Å². The summed E-state index contributed by atoms with van der Waals surface area (Å²) in [5.74, 6) is -2.63. The van der Waals surface area contributed by atoms with Gasteiger partial charge in [0.2, 0.25) is 0 Å². The Morgan fingerprint density at radius 3 is 2.44 bits per heavy atom. The normalized spacial score (nSPS) is 12.6. The molecule has 2 aromatic carbocycles. The molecule has 0 aliphatic carbocycles. The van der Waals surface area contributed by atoms with Crippen LogP contribution in [0.15, 0.2) is 47.4 Å². The summed E-state index contributed by atoms with van der Waals surface area (Å²) in [5.41, 5.74) is 0.409.